The number of nitrogens with zero attached hydrogens (tertiary/aromatic N) is 3. The molecule has 2 aliphatic rings. The summed E-state index contributed by atoms with van der Waals surface area (Å²) in [5.74, 6) is 1.23. The van der Waals surface area contributed by atoms with Crippen molar-refractivity contribution in [3.05, 3.63) is 71.8 Å². The van der Waals surface area contributed by atoms with Crippen molar-refractivity contribution in [1.82, 2.24) is 9.91 Å². The van der Waals surface area contributed by atoms with Crippen LogP contribution in [0.4, 0.5) is 0 Å². The first kappa shape index (κ1) is 24.5. The molecule has 0 aromatic heterocycles. The molecule has 2 heterocycles. The van der Waals surface area contributed by atoms with Crippen LogP contribution in [0.1, 0.15) is 43.4 Å². The summed E-state index contributed by atoms with van der Waals surface area (Å²) in [7, 11) is 3.53. The minimum absolute atomic E-state index is 0.221. The van der Waals surface area contributed by atoms with Crippen LogP contribution in [0.2, 0.25) is 0 Å². The van der Waals surface area contributed by atoms with Crippen LogP contribution in [0.15, 0.2) is 60.2 Å². The first-order chi connectivity index (χ1) is 16.4. The van der Waals surface area contributed by atoms with Crippen molar-refractivity contribution in [3.8, 4) is 5.75 Å². The van der Waals surface area contributed by atoms with Crippen molar-refractivity contribution in [2.24, 2.45) is 11.0 Å². The largest absolute Gasteiger partial charge is 0.496 e. The Morgan fingerprint density at radius 3 is 2.62 bits per heavy atom. The van der Waals surface area contributed by atoms with Crippen molar-refractivity contribution in [3.63, 3.8) is 0 Å². The van der Waals surface area contributed by atoms with E-state index in [9.17, 15) is 0 Å². The van der Waals surface area contributed by atoms with Gasteiger partial charge in [0, 0.05) is 44.8 Å². The Hall–Kier alpha value is -2.63. The van der Waals surface area contributed by atoms with Gasteiger partial charge in [0.05, 0.1) is 24.5 Å². The molecule has 5 heteroatoms. The van der Waals surface area contributed by atoms with E-state index < -0.39 is 0 Å². The topological polar surface area (TPSA) is 37.3 Å². The third-order valence-corrected chi connectivity index (χ3v) is 7.44. The van der Waals surface area contributed by atoms with Crippen LogP contribution in [0.25, 0.3) is 6.08 Å². The van der Waals surface area contributed by atoms with Gasteiger partial charge in [-0.3, -0.25) is 9.91 Å². The second-order valence-corrected chi connectivity index (χ2v) is 10.0. The van der Waals surface area contributed by atoms with E-state index in [1.165, 1.54) is 16.8 Å². The molecular formula is C29H39N3O2. The lowest BCUT2D eigenvalue weighted by Gasteiger charge is -2.35. The molecule has 5 nitrogen and oxygen atoms in total. The van der Waals surface area contributed by atoms with Gasteiger partial charge in [-0.05, 0) is 50.3 Å². The molecule has 182 valence electrons. The maximum atomic E-state index is 5.85. The van der Waals surface area contributed by atoms with Crippen molar-refractivity contribution >= 4 is 11.8 Å². The van der Waals surface area contributed by atoms with Gasteiger partial charge in [0.2, 0.25) is 0 Å². The van der Waals surface area contributed by atoms with Gasteiger partial charge in [-0.25, -0.2) is 0 Å². The second kappa shape index (κ2) is 10.7. The molecule has 4 rings (SSSR count). The summed E-state index contributed by atoms with van der Waals surface area (Å²) in [6.07, 6.45) is 5.11. The summed E-state index contributed by atoms with van der Waals surface area (Å²) in [5, 5.41) is 7.61. The van der Waals surface area contributed by atoms with Gasteiger partial charge in [-0.15, -0.1) is 0 Å². The van der Waals surface area contributed by atoms with Crippen LogP contribution in [-0.4, -0.2) is 61.1 Å². The molecule has 2 fully saturated rings. The maximum Gasteiger partial charge on any atom is 0.126 e. The van der Waals surface area contributed by atoms with Gasteiger partial charge in [0.25, 0.3) is 0 Å². The predicted octanol–water partition coefficient (Wildman–Crippen LogP) is 5.26. The van der Waals surface area contributed by atoms with Crippen molar-refractivity contribution in [2.45, 2.75) is 51.3 Å². The maximum absolute atomic E-state index is 5.85. The zero-order chi connectivity index (χ0) is 24.1. The van der Waals surface area contributed by atoms with E-state index in [4.69, 9.17) is 14.6 Å². The van der Waals surface area contributed by atoms with E-state index in [1.54, 1.807) is 7.11 Å². The molecule has 2 aromatic carbocycles. The summed E-state index contributed by atoms with van der Waals surface area (Å²) in [4.78, 5) is 2.53. The molecule has 2 aliphatic heterocycles. The van der Waals surface area contributed by atoms with Crippen LogP contribution in [0.3, 0.4) is 0 Å². The summed E-state index contributed by atoms with van der Waals surface area (Å²) < 4.78 is 11.5. The van der Waals surface area contributed by atoms with Crippen molar-refractivity contribution in [1.29, 1.82) is 0 Å². The fraction of sp³-hybridized carbons (Fsp3) is 0.483. The Bertz CT molecular complexity index is 1000. The third kappa shape index (κ3) is 5.37. The van der Waals surface area contributed by atoms with Crippen molar-refractivity contribution < 1.29 is 9.47 Å². The van der Waals surface area contributed by atoms with Gasteiger partial charge in [0.15, 0.2) is 0 Å². The first-order valence-corrected chi connectivity index (χ1v) is 12.4. The van der Waals surface area contributed by atoms with Crippen molar-refractivity contribution in [2.75, 3.05) is 33.9 Å². The fourth-order valence-corrected chi connectivity index (χ4v) is 5.42. The summed E-state index contributed by atoms with van der Waals surface area (Å²) >= 11 is 0. The van der Waals surface area contributed by atoms with Crippen LogP contribution >= 0.6 is 0 Å². The normalized spacial score (nSPS) is 22.5. The Balaban J connectivity index is 1.61. The molecule has 0 saturated carbocycles. The molecule has 2 aromatic rings. The van der Waals surface area contributed by atoms with Gasteiger partial charge >= 0.3 is 0 Å². The zero-order valence-corrected chi connectivity index (χ0v) is 21.2. The molecule has 2 saturated heterocycles. The van der Waals surface area contributed by atoms with E-state index in [1.807, 2.05) is 19.3 Å². The monoisotopic (exact) mass is 461 g/mol. The van der Waals surface area contributed by atoms with Crippen LogP contribution in [0, 0.1) is 5.92 Å². The number of hydrazone groups is 1. The predicted molar refractivity (Wildman–Crippen MR) is 140 cm³/mol. The first-order valence-electron chi connectivity index (χ1n) is 12.4. The number of rotatable bonds is 9. The van der Waals surface area contributed by atoms with Crippen LogP contribution < -0.4 is 4.74 Å². The summed E-state index contributed by atoms with van der Waals surface area (Å²) in [5.41, 5.74) is 4.75. The van der Waals surface area contributed by atoms with Gasteiger partial charge in [-0.1, -0.05) is 55.1 Å². The zero-order valence-electron chi connectivity index (χ0n) is 21.2. The minimum atomic E-state index is -0.221. The molecule has 0 aliphatic carbocycles. The van der Waals surface area contributed by atoms with E-state index in [0.717, 1.165) is 56.8 Å². The Kier molecular flexibility index (Phi) is 7.74. The minimum Gasteiger partial charge on any atom is -0.496 e. The third-order valence-electron chi connectivity index (χ3n) is 7.44. The Morgan fingerprint density at radius 1 is 1.12 bits per heavy atom. The fourth-order valence-electron chi connectivity index (χ4n) is 5.42. The quantitative estimate of drug-likeness (QED) is 0.511. The molecule has 0 N–H and O–H groups in total. The molecule has 2 atom stereocenters. The summed E-state index contributed by atoms with van der Waals surface area (Å²) in [6.45, 7) is 12.2. The molecule has 0 radical (unpaired) electrons. The Labute approximate surface area is 205 Å². The number of methoxy groups -OCH3 is 2. The molecule has 0 amide bonds. The lowest BCUT2D eigenvalue weighted by Crippen LogP contribution is -2.45. The second-order valence-electron chi connectivity index (χ2n) is 10.0. The molecular weight excluding hydrogens is 422 g/mol. The number of hydrogen-bond acceptors (Lipinski definition) is 5. The Morgan fingerprint density at radius 2 is 1.91 bits per heavy atom. The average Bonchev–Trinajstić information content (AvgIpc) is 3.47. The molecule has 34 heavy (non-hydrogen) atoms. The molecule has 0 bridgehead atoms. The highest BCUT2D eigenvalue weighted by atomic mass is 16.5. The standard InChI is InChI=1S/C29H39N3O2/c1-6-25-23(14-10-15-27(25)33-4)18-24-20-31(19-22-12-8-7-9-13-22)21-26(24)30-32-17-11-16-28(32)29(2,3)34-5/h6-10,12-15,24,28H,1,11,16-21H2,2-5H3/b30-26+/t24?,28-/m0/s1. The molecule has 1 unspecified atom stereocenters. The SMILES string of the molecule is C=Cc1c(CC2CN(Cc3ccccc3)C/C2=N\N2CCC[C@H]2C(C)(C)OC)cccc1OC. The highest BCUT2D eigenvalue weighted by Gasteiger charge is 2.39. The van der Waals surface area contributed by atoms with E-state index in [0.29, 0.717) is 12.0 Å². The lowest BCUT2D eigenvalue weighted by atomic mass is 9.93. The van der Waals surface area contributed by atoms with Gasteiger partial charge in [-0.2, -0.15) is 5.10 Å². The van der Waals surface area contributed by atoms with E-state index in [-0.39, 0.29) is 5.60 Å². The number of ether oxygens (including phenoxy) is 2. The number of hydrogen-bond donors (Lipinski definition) is 0. The molecule has 0 spiro atoms. The van der Waals surface area contributed by atoms with Gasteiger partial charge < -0.3 is 9.47 Å². The highest BCUT2D eigenvalue weighted by molar-refractivity contribution is 5.91. The van der Waals surface area contributed by atoms with Gasteiger partial charge in [0.1, 0.15) is 5.75 Å². The number of benzene rings is 2. The van der Waals surface area contributed by atoms with Crippen LogP contribution in [0.5, 0.6) is 5.75 Å². The van der Waals surface area contributed by atoms with E-state index in [2.05, 4.69) is 72.8 Å². The average molecular weight is 462 g/mol. The highest BCUT2D eigenvalue weighted by Crippen LogP contribution is 2.32. The van der Waals surface area contributed by atoms with Crippen LogP contribution in [-0.2, 0) is 17.7 Å². The summed E-state index contributed by atoms with van der Waals surface area (Å²) in [6, 6.07) is 17.3. The number of likely N-dealkylation sites (tertiary alicyclic amines) is 1. The lowest BCUT2D eigenvalue weighted by molar-refractivity contribution is -0.0396. The van der Waals surface area contributed by atoms with E-state index >= 15 is 0 Å². The smallest absolute Gasteiger partial charge is 0.126 e.